The van der Waals surface area contributed by atoms with Crippen LogP contribution in [0.4, 0.5) is 5.69 Å². The van der Waals surface area contributed by atoms with Crippen molar-refractivity contribution < 1.29 is 4.74 Å². The summed E-state index contributed by atoms with van der Waals surface area (Å²) in [5.74, 6) is 0.681. The number of fused-ring (bicyclic) bond motifs is 1. The van der Waals surface area contributed by atoms with E-state index in [4.69, 9.17) is 4.74 Å². The maximum atomic E-state index is 13.2. The summed E-state index contributed by atoms with van der Waals surface area (Å²) in [6, 6.07) is 13.6. The monoisotopic (exact) mass is 399 g/mol. The standard InChI is InChI=1S/C19H18BrN3O2/c1-13-21-16-7-6-14(20)12-15(16)19(24)23(13)18-5-3-2-4-17(18)22-8-10-25-11-9-22/h2-7,12H,8-11H2,1H3. The minimum Gasteiger partial charge on any atom is -0.378 e. The number of anilines is 1. The summed E-state index contributed by atoms with van der Waals surface area (Å²) in [5, 5.41) is 0.608. The van der Waals surface area contributed by atoms with Gasteiger partial charge in [-0.05, 0) is 37.3 Å². The summed E-state index contributed by atoms with van der Waals surface area (Å²) in [6.07, 6.45) is 0. The Bertz CT molecular complexity index is 994. The predicted octanol–water partition coefficient (Wildman–Crippen LogP) is 3.29. The van der Waals surface area contributed by atoms with Crippen LogP contribution in [0, 0.1) is 6.92 Å². The highest BCUT2D eigenvalue weighted by molar-refractivity contribution is 9.10. The van der Waals surface area contributed by atoms with E-state index in [1.807, 2.05) is 43.3 Å². The highest BCUT2D eigenvalue weighted by Crippen LogP contribution is 2.26. The van der Waals surface area contributed by atoms with Crippen LogP contribution >= 0.6 is 15.9 Å². The van der Waals surface area contributed by atoms with Gasteiger partial charge in [-0.15, -0.1) is 0 Å². The Kier molecular flexibility index (Phi) is 4.31. The molecular weight excluding hydrogens is 382 g/mol. The summed E-state index contributed by atoms with van der Waals surface area (Å²) in [7, 11) is 0. The maximum Gasteiger partial charge on any atom is 0.266 e. The molecule has 6 heteroatoms. The van der Waals surface area contributed by atoms with Gasteiger partial charge in [-0.25, -0.2) is 4.98 Å². The molecule has 2 heterocycles. The Morgan fingerprint density at radius 3 is 2.56 bits per heavy atom. The van der Waals surface area contributed by atoms with Gasteiger partial charge in [0.25, 0.3) is 5.56 Å². The van der Waals surface area contributed by atoms with E-state index < -0.39 is 0 Å². The van der Waals surface area contributed by atoms with E-state index in [0.717, 1.165) is 28.9 Å². The molecule has 5 nitrogen and oxygen atoms in total. The number of morpholine rings is 1. The third kappa shape index (κ3) is 2.96. The van der Waals surface area contributed by atoms with E-state index in [1.165, 1.54) is 0 Å². The van der Waals surface area contributed by atoms with Gasteiger partial charge in [0.2, 0.25) is 0 Å². The van der Waals surface area contributed by atoms with Crippen LogP contribution < -0.4 is 10.5 Å². The molecule has 4 rings (SSSR count). The van der Waals surface area contributed by atoms with Gasteiger partial charge in [-0.1, -0.05) is 28.1 Å². The third-order valence-corrected chi connectivity index (χ3v) is 4.97. The average Bonchev–Trinajstić information content (AvgIpc) is 2.64. The molecule has 0 saturated carbocycles. The zero-order chi connectivity index (χ0) is 17.4. The quantitative estimate of drug-likeness (QED) is 0.663. The van der Waals surface area contributed by atoms with Crippen molar-refractivity contribution >= 4 is 32.5 Å². The number of aromatic nitrogens is 2. The highest BCUT2D eigenvalue weighted by atomic mass is 79.9. The first-order valence-electron chi connectivity index (χ1n) is 8.26. The van der Waals surface area contributed by atoms with Gasteiger partial charge in [0.05, 0.1) is 35.5 Å². The highest BCUT2D eigenvalue weighted by Gasteiger charge is 2.18. The average molecular weight is 400 g/mol. The number of hydrogen-bond acceptors (Lipinski definition) is 4. The lowest BCUT2D eigenvalue weighted by molar-refractivity contribution is 0.122. The second-order valence-corrected chi connectivity index (χ2v) is 6.96. The van der Waals surface area contributed by atoms with Gasteiger partial charge in [-0.2, -0.15) is 0 Å². The number of nitrogens with zero attached hydrogens (tertiary/aromatic N) is 3. The van der Waals surface area contributed by atoms with Crippen molar-refractivity contribution in [2.24, 2.45) is 0 Å². The van der Waals surface area contributed by atoms with Gasteiger partial charge in [0, 0.05) is 17.6 Å². The van der Waals surface area contributed by atoms with Gasteiger partial charge in [-0.3, -0.25) is 9.36 Å². The normalized spacial score (nSPS) is 14.9. The van der Waals surface area contributed by atoms with Gasteiger partial charge in [0.1, 0.15) is 5.82 Å². The van der Waals surface area contributed by atoms with Gasteiger partial charge >= 0.3 is 0 Å². The first-order valence-corrected chi connectivity index (χ1v) is 9.05. The van der Waals surface area contributed by atoms with Crippen molar-refractivity contribution in [3.05, 3.63) is 63.1 Å². The van der Waals surface area contributed by atoms with Gasteiger partial charge < -0.3 is 9.64 Å². The van der Waals surface area contributed by atoms with Crippen molar-refractivity contribution in [3.63, 3.8) is 0 Å². The minimum atomic E-state index is -0.0514. The molecular formula is C19H18BrN3O2. The molecule has 3 aromatic rings. The van der Waals surface area contributed by atoms with Crippen molar-refractivity contribution in [1.82, 2.24) is 9.55 Å². The Labute approximate surface area is 154 Å². The molecule has 1 aromatic heterocycles. The van der Waals surface area contributed by atoms with Crippen LogP contribution in [0.15, 0.2) is 51.7 Å². The van der Waals surface area contributed by atoms with E-state index >= 15 is 0 Å². The summed E-state index contributed by atoms with van der Waals surface area (Å²) < 4.78 is 8.04. The third-order valence-electron chi connectivity index (χ3n) is 4.47. The summed E-state index contributed by atoms with van der Waals surface area (Å²) in [6.45, 7) is 4.91. The molecule has 0 spiro atoms. The SMILES string of the molecule is Cc1nc2ccc(Br)cc2c(=O)n1-c1ccccc1N1CCOCC1. The van der Waals surface area contributed by atoms with E-state index in [9.17, 15) is 4.79 Å². The molecule has 1 saturated heterocycles. The molecule has 0 N–H and O–H groups in total. The smallest absolute Gasteiger partial charge is 0.266 e. The Balaban J connectivity index is 1.95. The van der Waals surface area contributed by atoms with Crippen molar-refractivity contribution in [2.45, 2.75) is 6.92 Å². The zero-order valence-electron chi connectivity index (χ0n) is 13.9. The van der Waals surface area contributed by atoms with Crippen LogP contribution in [0.5, 0.6) is 0 Å². The summed E-state index contributed by atoms with van der Waals surface area (Å²) in [4.78, 5) is 20.1. The molecule has 1 aliphatic rings. The molecule has 0 aliphatic carbocycles. The van der Waals surface area contributed by atoms with Crippen molar-refractivity contribution in [1.29, 1.82) is 0 Å². The Hall–Kier alpha value is -2.18. The fourth-order valence-corrected chi connectivity index (χ4v) is 3.64. The van der Waals surface area contributed by atoms with Crippen LogP contribution in [-0.2, 0) is 4.74 Å². The molecule has 0 radical (unpaired) electrons. The molecule has 0 amide bonds. The topological polar surface area (TPSA) is 47.4 Å². The van der Waals surface area contributed by atoms with Crippen LogP contribution in [-0.4, -0.2) is 35.9 Å². The zero-order valence-corrected chi connectivity index (χ0v) is 15.5. The lowest BCUT2D eigenvalue weighted by Crippen LogP contribution is -2.37. The lowest BCUT2D eigenvalue weighted by atomic mass is 10.2. The Morgan fingerprint density at radius 2 is 1.80 bits per heavy atom. The van der Waals surface area contributed by atoms with Crippen LogP contribution in [0.3, 0.4) is 0 Å². The number of hydrogen-bond donors (Lipinski definition) is 0. The molecule has 128 valence electrons. The lowest BCUT2D eigenvalue weighted by Gasteiger charge is -2.31. The largest absolute Gasteiger partial charge is 0.378 e. The second kappa shape index (κ2) is 6.61. The van der Waals surface area contributed by atoms with Crippen LogP contribution in [0.25, 0.3) is 16.6 Å². The van der Waals surface area contributed by atoms with Crippen molar-refractivity contribution in [3.8, 4) is 5.69 Å². The number of ether oxygens (including phenoxy) is 1. The number of benzene rings is 2. The summed E-state index contributed by atoms with van der Waals surface area (Å²) >= 11 is 3.44. The van der Waals surface area contributed by atoms with Crippen molar-refractivity contribution in [2.75, 3.05) is 31.2 Å². The molecule has 2 aromatic carbocycles. The number of rotatable bonds is 2. The van der Waals surface area contributed by atoms with Gasteiger partial charge in [0.15, 0.2) is 0 Å². The molecule has 1 fully saturated rings. The molecule has 0 atom stereocenters. The molecule has 25 heavy (non-hydrogen) atoms. The second-order valence-electron chi connectivity index (χ2n) is 6.05. The van der Waals surface area contributed by atoms with Crippen LogP contribution in [0.1, 0.15) is 5.82 Å². The fourth-order valence-electron chi connectivity index (χ4n) is 3.28. The van der Waals surface area contributed by atoms with E-state index in [1.54, 1.807) is 4.57 Å². The maximum absolute atomic E-state index is 13.2. The van der Waals surface area contributed by atoms with Crippen LogP contribution in [0.2, 0.25) is 0 Å². The Morgan fingerprint density at radius 1 is 1.08 bits per heavy atom. The molecule has 1 aliphatic heterocycles. The first kappa shape index (κ1) is 16.3. The first-order chi connectivity index (χ1) is 12.1. The number of halogens is 1. The predicted molar refractivity (Wildman–Crippen MR) is 103 cm³/mol. The van der Waals surface area contributed by atoms with E-state index in [0.29, 0.717) is 29.9 Å². The minimum absolute atomic E-state index is 0.0514. The molecule has 0 unspecified atom stereocenters. The van der Waals surface area contributed by atoms with E-state index in [-0.39, 0.29) is 5.56 Å². The van der Waals surface area contributed by atoms with E-state index in [2.05, 4.69) is 31.9 Å². The fraction of sp³-hybridized carbons (Fsp3) is 0.263. The number of para-hydroxylation sites is 2. The summed E-state index contributed by atoms with van der Waals surface area (Å²) in [5.41, 5.74) is 2.56. The molecule has 0 bridgehead atoms. The number of aryl methyl sites for hydroxylation is 1.